The molecule has 0 amide bonds. The molecule has 0 N–H and O–H groups in total. The van der Waals surface area contributed by atoms with E-state index < -0.39 is 10.0 Å². The van der Waals surface area contributed by atoms with E-state index in [0.717, 1.165) is 16.8 Å². The Morgan fingerprint density at radius 1 is 0.897 bits per heavy atom. The number of pyridine rings is 1. The molecular weight excluding hydrogens is 386 g/mol. The zero-order valence-electron chi connectivity index (χ0n) is 16.0. The lowest BCUT2D eigenvalue weighted by atomic mass is 10.2. The molecule has 0 bridgehead atoms. The smallest absolute Gasteiger partial charge is 0.236 e. The van der Waals surface area contributed by atoms with Crippen LogP contribution in [0.1, 0.15) is 5.56 Å². The first kappa shape index (κ1) is 19.5. The highest BCUT2D eigenvalue weighted by molar-refractivity contribution is 7.92. The van der Waals surface area contributed by atoms with Crippen LogP contribution in [-0.2, 0) is 16.7 Å². The first-order chi connectivity index (χ1) is 14.1. The maximum Gasteiger partial charge on any atom is 0.236 e. The van der Waals surface area contributed by atoms with Crippen LogP contribution < -0.4 is 0 Å². The molecule has 1 aromatic carbocycles. The van der Waals surface area contributed by atoms with E-state index in [1.165, 1.54) is 9.71 Å². The van der Waals surface area contributed by atoms with Crippen LogP contribution >= 0.6 is 0 Å². The molecule has 0 saturated carbocycles. The van der Waals surface area contributed by atoms with Gasteiger partial charge in [-0.15, -0.1) is 0 Å². The van der Waals surface area contributed by atoms with Gasteiger partial charge in [0.05, 0.1) is 12.4 Å². The number of hydrogen-bond acceptors (Lipinski definition) is 5. The highest BCUT2D eigenvalue weighted by atomic mass is 32.2. The van der Waals surface area contributed by atoms with E-state index in [1.54, 1.807) is 24.7 Å². The minimum Gasteiger partial charge on any atom is -0.282 e. The summed E-state index contributed by atoms with van der Waals surface area (Å²) in [5, 5.41) is 5.73. The van der Waals surface area contributed by atoms with Crippen LogP contribution in [0.2, 0.25) is 0 Å². The summed E-state index contributed by atoms with van der Waals surface area (Å²) < 4.78 is 28.7. The molecule has 0 atom stereocenters. The molecule has 0 radical (unpaired) electrons. The van der Waals surface area contributed by atoms with Crippen LogP contribution in [0, 0.1) is 0 Å². The molecule has 29 heavy (non-hydrogen) atoms. The van der Waals surface area contributed by atoms with E-state index in [9.17, 15) is 8.42 Å². The number of nitrogens with zero attached hydrogens (tertiary/aromatic N) is 5. The molecule has 0 aliphatic carbocycles. The molecule has 3 heterocycles. The van der Waals surface area contributed by atoms with Gasteiger partial charge >= 0.3 is 0 Å². The van der Waals surface area contributed by atoms with Crippen LogP contribution in [0.25, 0.3) is 17.3 Å². The highest BCUT2D eigenvalue weighted by Crippen LogP contribution is 2.19. The third-order valence-corrected chi connectivity index (χ3v) is 6.51. The molecule has 0 spiro atoms. The van der Waals surface area contributed by atoms with Crippen LogP contribution in [0.5, 0.6) is 0 Å². The van der Waals surface area contributed by atoms with Crippen molar-refractivity contribution in [3.05, 3.63) is 78.1 Å². The maximum atomic E-state index is 12.6. The Kier molecular flexibility index (Phi) is 5.84. The first-order valence-electron chi connectivity index (χ1n) is 9.50. The number of benzene rings is 1. The van der Waals surface area contributed by atoms with E-state index in [1.807, 2.05) is 53.2 Å². The zero-order chi connectivity index (χ0) is 20.1. The van der Waals surface area contributed by atoms with Gasteiger partial charge in [0.2, 0.25) is 10.0 Å². The summed E-state index contributed by atoms with van der Waals surface area (Å²) >= 11 is 0. The predicted molar refractivity (Wildman–Crippen MR) is 113 cm³/mol. The second-order valence-electron chi connectivity index (χ2n) is 6.87. The molecule has 0 unspecified atom stereocenters. The molecule has 7 nitrogen and oxygen atoms in total. The predicted octanol–water partition coefficient (Wildman–Crippen LogP) is 2.52. The molecule has 1 fully saturated rings. The number of aromatic nitrogens is 3. The summed E-state index contributed by atoms with van der Waals surface area (Å²) in [6.07, 6.45) is 6.95. The van der Waals surface area contributed by atoms with Crippen molar-refractivity contribution in [2.24, 2.45) is 0 Å². The SMILES string of the molecule is O=S(=O)(/C=C/c1ccccc1)N1CCN(Cn2nccc2-c2ccncc2)CC1. The molecule has 3 aromatic rings. The molecule has 8 heteroatoms. The normalized spacial score (nSPS) is 16.4. The lowest BCUT2D eigenvalue weighted by Crippen LogP contribution is -2.48. The highest BCUT2D eigenvalue weighted by Gasteiger charge is 2.25. The number of piperazine rings is 1. The first-order valence-corrected chi connectivity index (χ1v) is 11.0. The van der Waals surface area contributed by atoms with Gasteiger partial charge in [-0.1, -0.05) is 30.3 Å². The topological polar surface area (TPSA) is 71.3 Å². The fourth-order valence-corrected chi connectivity index (χ4v) is 4.52. The van der Waals surface area contributed by atoms with Gasteiger partial charge in [0, 0.05) is 55.7 Å². The Hall–Kier alpha value is -2.81. The summed E-state index contributed by atoms with van der Waals surface area (Å²) in [4.78, 5) is 6.27. The molecule has 1 aliphatic rings. The summed E-state index contributed by atoms with van der Waals surface area (Å²) in [7, 11) is -3.42. The van der Waals surface area contributed by atoms with Gasteiger partial charge in [-0.3, -0.25) is 14.6 Å². The average Bonchev–Trinajstić information content (AvgIpc) is 3.22. The minimum atomic E-state index is -3.42. The summed E-state index contributed by atoms with van der Waals surface area (Å²) in [5.74, 6) is 0. The lowest BCUT2D eigenvalue weighted by molar-refractivity contribution is 0.147. The maximum absolute atomic E-state index is 12.6. The summed E-state index contributed by atoms with van der Waals surface area (Å²) in [6.45, 7) is 2.88. The van der Waals surface area contributed by atoms with Gasteiger partial charge in [0.25, 0.3) is 0 Å². The van der Waals surface area contributed by atoms with Crippen LogP contribution in [-0.4, -0.2) is 58.6 Å². The van der Waals surface area contributed by atoms with E-state index >= 15 is 0 Å². The summed E-state index contributed by atoms with van der Waals surface area (Å²) in [5.41, 5.74) is 2.95. The zero-order valence-corrected chi connectivity index (χ0v) is 16.8. The number of rotatable bonds is 6. The second-order valence-corrected chi connectivity index (χ2v) is 8.69. The molecule has 4 rings (SSSR count). The molecule has 2 aromatic heterocycles. The standard InChI is InChI=1S/C21H23N5O2S/c27-29(28,17-9-19-4-2-1-3-5-19)25-15-13-24(14-16-25)18-26-21(8-12-23-26)20-6-10-22-11-7-20/h1-12,17H,13-16,18H2/b17-9+. The lowest BCUT2D eigenvalue weighted by Gasteiger charge is -2.33. The van der Waals surface area contributed by atoms with E-state index in [4.69, 9.17) is 0 Å². The fourth-order valence-electron chi connectivity index (χ4n) is 3.34. The van der Waals surface area contributed by atoms with Gasteiger partial charge in [-0.25, -0.2) is 8.42 Å². The van der Waals surface area contributed by atoms with Crippen LogP contribution in [0.15, 0.2) is 72.5 Å². The third-order valence-electron chi connectivity index (χ3n) is 4.95. The van der Waals surface area contributed by atoms with Crippen molar-refractivity contribution >= 4 is 16.1 Å². The third kappa shape index (κ3) is 4.79. The Morgan fingerprint density at radius 3 is 2.34 bits per heavy atom. The van der Waals surface area contributed by atoms with E-state index in [-0.39, 0.29) is 0 Å². The average molecular weight is 410 g/mol. The van der Waals surface area contributed by atoms with Gasteiger partial charge in [0.1, 0.15) is 0 Å². The summed E-state index contributed by atoms with van der Waals surface area (Å²) in [6, 6.07) is 15.3. The van der Waals surface area contributed by atoms with Gasteiger partial charge in [-0.2, -0.15) is 9.40 Å². The molecular formula is C21H23N5O2S. The van der Waals surface area contributed by atoms with Crippen molar-refractivity contribution in [2.45, 2.75) is 6.67 Å². The van der Waals surface area contributed by atoms with Crippen molar-refractivity contribution in [1.29, 1.82) is 0 Å². The van der Waals surface area contributed by atoms with Gasteiger partial charge in [0.15, 0.2) is 0 Å². The fraction of sp³-hybridized carbons (Fsp3) is 0.238. The van der Waals surface area contributed by atoms with Crippen molar-refractivity contribution in [3.8, 4) is 11.3 Å². The van der Waals surface area contributed by atoms with Gasteiger partial charge in [-0.05, 0) is 29.8 Å². The Balaban J connectivity index is 1.37. The van der Waals surface area contributed by atoms with Crippen molar-refractivity contribution < 1.29 is 8.42 Å². The molecule has 150 valence electrons. The van der Waals surface area contributed by atoms with Crippen molar-refractivity contribution in [2.75, 3.05) is 26.2 Å². The number of hydrogen-bond donors (Lipinski definition) is 0. The second kappa shape index (κ2) is 8.69. The van der Waals surface area contributed by atoms with Crippen molar-refractivity contribution in [1.82, 2.24) is 24.0 Å². The van der Waals surface area contributed by atoms with Crippen LogP contribution in [0.3, 0.4) is 0 Å². The van der Waals surface area contributed by atoms with Gasteiger partial charge < -0.3 is 0 Å². The minimum absolute atomic E-state index is 0.466. The van der Waals surface area contributed by atoms with Crippen LogP contribution in [0.4, 0.5) is 0 Å². The van der Waals surface area contributed by atoms with Crippen molar-refractivity contribution in [3.63, 3.8) is 0 Å². The molecule has 1 saturated heterocycles. The monoisotopic (exact) mass is 409 g/mol. The quantitative estimate of drug-likeness (QED) is 0.626. The Labute approximate surface area is 171 Å². The molecule has 1 aliphatic heterocycles. The number of sulfonamides is 1. The van der Waals surface area contributed by atoms with E-state index in [2.05, 4.69) is 15.0 Å². The Morgan fingerprint density at radius 2 is 1.62 bits per heavy atom. The Bertz CT molecular complexity index is 1060. The van der Waals surface area contributed by atoms with E-state index in [0.29, 0.717) is 32.8 Å². The largest absolute Gasteiger partial charge is 0.282 e.